The second-order valence-corrected chi connectivity index (χ2v) is 9.89. The predicted octanol–water partition coefficient (Wildman–Crippen LogP) is 2.21. The first kappa shape index (κ1) is 21.5. The van der Waals surface area contributed by atoms with Crippen LogP contribution < -0.4 is 19.1 Å². The second kappa shape index (κ2) is 8.80. The van der Waals surface area contributed by atoms with Gasteiger partial charge in [-0.3, -0.25) is 0 Å². The normalized spacial score (nSPS) is 17.3. The van der Waals surface area contributed by atoms with Crippen molar-refractivity contribution in [2.75, 3.05) is 39.6 Å². The maximum atomic E-state index is 13.1. The van der Waals surface area contributed by atoms with Gasteiger partial charge in [0.05, 0.1) is 42.8 Å². The zero-order valence-electron chi connectivity index (χ0n) is 16.5. The van der Waals surface area contributed by atoms with E-state index in [9.17, 15) is 8.42 Å². The van der Waals surface area contributed by atoms with Gasteiger partial charge in [0.2, 0.25) is 16.8 Å². The first-order valence-electron chi connectivity index (χ1n) is 9.72. The Morgan fingerprint density at radius 1 is 1.07 bits per heavy atom. The number of fused-ring (bicyclic) bond motifs is 1. The van der Waals surface area contributed by atoms with Gasteiger partial charge < -0.3 is 19.1 Å². The minimum Gasteiger partial charge on any atom is -0.492 e. The van der Waals surface area contributed by atoms with Crippen LogP contribution in [0.15, 0.2) is 35.2 Å². The lowest BCUT2D eigenvalue weighted by Gasteiger charge is -2.31. The third-order valence-corrected chi connectivity index (χ3v) is 7.88. The molecule has 1 fully saturated rings. The van der Waals surface area contributed by atoms with Gasteiger partial charge in [-0.25, -0.2) is 8.42 Å². The van der Waals surface area contributed by atoms with Gasteiger partial charge in [-0.2, -0.15) is 4.31 Å². The van der Waals surface area contributed by atoms with E-state index in [2.05, 4.69) is 0 Å². The summed E-state index contributed by atoms with van der Waals surface area (Å²) < 4.78 is 43.9. The van der Waals surface area contributed by atoms with Gasteiger partial charge in [-0.05, 0) is 31.2 Å². The number of rotatable bonds is 6. The van der Waals surface area contributed by atoms with Crippen LogP contribution in [0.4, 0.5) is 0 Å². The summed E-state index contributed by atoms with van der Waals surface area (Å²) in [5.41, 5.74) is 1.13. The van der Waals surface area contributed by atoms with Crippen LogP contribution in [0.2, 0.25) is 10.0 Å². The lowest BCUT2D eigenvalue weighted by Crippen LogP contribution is -3.13. The lowest BCUT2D eigenvalue weighted by molar-refractivity contribution is -0.917. The molecule has 0 atom stereocenters. The van der Waals surface area contributed by atoms with Crippen LogP contribution in [0.5, 0.6) is 17.2 Å². The van der Waals surface area contributed by atoms with E-state index < -0.39 is 10.0 Å². The van der Waals surface area contributed by atoms with Crippen molar-refractivity contribution in [3.63, 3.8) is 0 Å². The third-order valence-electron chi connectivity index (χ3n) is 5.22. The fraction of sp³-hybridized carbons (Fsp3) is 0.400. The average molecular weight is 474 g/mol. The van der Waals surface area contributed by atoms with E-state index in [1.54, 1.807) is 0 Å². The van der Waals surface area contributed by atoms with Crippen molar-refractivity contribution < 1.29 is 27.5 Å². The Labute approximate surface area is 186 Å². The molecule has 0 saturated carbocycles. The molecule has 162 valence electrons. The van der Waals surface area contributed by atoms with Crippen molar-refractivity contribution in [1.82, 2.24) is 4.31 Å². The number of nitrogens with zero attached hydrogens (tertiary/aromatic N) is 1. The first-order chi connectivity index (χ1) is 14.4. The van der Waals surface area contributed by atoms with Crippen LogP contribution in [-0.2, 0) is 16.6 Å². The number of piperazine rings is 1. The Bertz CT molecular complexity index is 1040. The Morgan fingerprint density at radius 3 is 2.53 bits per heavy atom. The molecule has 0 aliphatic carbocycles. The molecule has 0 aromatic heterocycles. The average Bonchev–Trinajstić information content (AvgIpc) is 3.19. The van der Waals surface area contributed by atoms with Crippen molar-refractivity contribution in [3.8, 4) is 17.2 Å². The largest absolute Gasteiger partial charge is 0.492 e. The van der Waals surface area contributed by atoms with Gasteiger partial charge >= 0.3 is 0 Å². The SMILES string of the molecule is CCOc1cc(Cl)c(S(=O)(=O)N2CC[NH+](Cc3ccc4c(c3)OCO4)CC2)cc1Cl. The van der Waals surface area contributed by atoms with Crippen LogP contribution >= 0.6 is 23.2 Å². The minimum atomic E-state index is -3.74. The van der Waals surface area contributed by atoms with Gasteiger partial charge in [-0.1, -0.05) is 23.2 Å². The summed E-state index contributed by atoms with van der Waals surface area (Å²) in [7, 11) is -3.74. The van der Waals surface area contributed by atoms with Crippen LogP contribution in [-0.4, -0.2) is 52.3 Å². The Balaban J connectivity index is 1.42. The molecule has 2 aliphatic rings. The van der Waals surface area contributed by atoms with Crippen molar-refractivity contribution >= 4 is 33.2 Å². The maximum Gasteiger partial charge on any atom is 0.245 e. The highest BCUT2D eigenvalue weighted by Gasteiger charge is 2.32. The number of sulfonamides is 1. The van der Waals surface area contributed by atoms with E-state index in [0.29, 0.717) is 38.5 Å². The molecular weight excluding hydrogens is 451 g/mol. The van der Waals surface area contributed by atoms with E-state index in [0.717, 1.165) is 23.6 Å². The van der Waals surface area contributed by atoms with Crippen LogP contribution in [0.25, 0.3) is 0 Å². The van der Waals surface area contributed by atoms with Gasteiger partial charge in [0.1, 0.15) is 17.2 Å². The number of ether oxygens (including phenoxy) is 3. The van der Waals surface area contributed by atoms with Crippen LogP contribution in [0.1, 0.15) is 12.5 Å². The molecule has 0 unspecified atom stereocenters. The third kappa shape index (κ3) is 4.33. The van der Waals surface area contributed by atoms with Crippen molar-refractivity contribution in [3.05, 3.63) is 45.9 Å². The molecule has 10 heteroatoms. The molecule has 1 saturated heterocycles. The monoisotopic (exact) mass is 473 g/mol. The highest BCUT2D eigenvalue weighted by Crippen LogP contribution is 2.35. The standard InChI is InChI=1S/C20H22Cl2N2O5S/c1-2-27-18-10-16(22)20(11-15(18)21)30(25,26)24-7-5-23(6-8-24)12-14-3-4-17-19(9-14)29-13-28-17/h3-4,9-11H,2,5-8,12-13H2,1H3/p+1. The quantitative estimate of drug-likeness (QED) is 0.696. The topological polar surface area (TPSA) is 69.5 Å². The summed E-state index contributed by atoms with van der Waals surface area (Å²) in [5.74, 6) is 1.90. The summed E-state index contributed by atoms with van der Waals surface area (Å²) in [5, 5.41) is 0.338. The summed E-state index contributed by atoms with van der Waals surface area (Å²) in [4.78, 5) is 1.31. The Morgan fingerprint density at radius 2 is 1.80 bits per heavy atom. The Kier molecular flexibility index (Phi) is 6.31. The van der Waals surface area contributed by atoms with E-state index >= 15 is 0 Å². The molecule has 0 radical (unpaired) electrons. The van der Waals surface area contributed by atoms with E-state index in [1.807, 2.05) is 25.1 Å². The van der Waals surface area contributed by atoms with Crippen molar-refractivity contribution in [2.45, 2.75) is 18.4 Å². The highest BCUT2D eigenvalue weighted by molar-refractivity contribution is 7.89. The number of quaternary nitrogens is 1. The molecule has 2 aromatic rings. The molecule has 1 N–H and O–H groups in total. The summed E-state index contributed by atoms with van der Waals surface area (Å²) in [6.45, 7) is 5.47. The fourth-order valence-electron chi connectivity index (χ4n) is 3.67. The maximum absolute atomic E-state index is 13.1. The summed E-state index contributed by atoms with van der Waals surface area (Å²) in [6.07, 6.45) is 0. The summed E-state index contributed by atoms with van der Waals surface area (Å²) >= 11 is 12.4. The molecule has 0 bridgehead atoms. The fourth-order valence-corrected chi connectivity index (χ4v) is 5.92. The van der Waals surface area contributed by atoms with E-state index in [-0.39, 0.29) is 21.7 Å². The highest BCUT2D eigenvalue weighted by atomic mass is 35.5. The molecule has 0 spiro atoms. The lowest BCUT2D eigenvalue weighted by atomic mass is 10.2. The number of hydrogen-bond acceptors (Lipinski definition) is 5. The van der Waals surface area contributed by atoms with E-state index in [1.165, 1.54) is 21.3 Å². The molecule has 2 heterocycles. The number of hydrogen-bond donors (Lipinski definition) is 1. The molecule has 2 aliphatic heterocycles. The number of benzene rings is 2. The minimum absolute atomic E-state index is 0.0110. The first-order valence-corrected chi connectivity index (χ1v) is 11.9. The van der Waals surface area contributed by atoms with Gasteiger partial charge in [0.25, 0.3) is 0 Å². The zero-order chi connectivity index (χ0) is 21.3. The van der Waals surface area contributed by atoms with Crippen molar-refractivity contribution in [2.24, 2.45) is 0 Å². The van der Waals surface area contributed by atoms with Crippen molar-refractivity contribution in [1.29, 1.82) is 0 Å². The van der Waals surface area contributed by atoms with Crippen LogP contribution in [0.3, 0.4) is 0 Å². The molecular formula is C20H23Cl2N2O5S+. The second-order valence-electron chi connectivity index (χ2n) is 7.16. The molecule has 30 heavy (non-hydrogen) atoms. The molecule has 4 rings (SSSR count). The summed E-state index contributed by atoms with van der Waals surface area (Å²) in [6, 6.07) is 8.75. The smallest absolute Gasteiger partial charge is 0.245 e. The van der Waals surface area contributed by atoms with E-state index in [4.69, 9.17) is 37.4 Å². The zero-order valence-corrected chi connectivity index (χ0v) is 18.8. The number of nitrogens with one attached hydrogen (secondary N) is 1. The van der Waals surface area contributed by atoms with Gasteiger partial charge in [0, 0.05) is 11.6 Å². The molecule has 2 aromatic carbocycles. The van der Waals surface area contributed by atoms with Crippen LogP contribution in [0, 0.1) is 0 Å². The molecule has 7 nitrogen and oxygen atoms in total. The van der Waals surface area contributed by atoms with Gasteiger partial charge in [0.15, 0.2) is 11.5 Å². The molecule has 0 amide bonds. The predicted molar refractivity (Wildman–Crippen MR) is 113 cm³/mol. The van der Waals surface area contributed by atoms with Gasteiger partial charge in [-0.15, -0.1) is 0 Å². The Hall–Kier alpha value is -1.71. The number of halogens is 2.